The molecule has 2 aromatic carbocycles. The lowest BCUT2D eigenvalue weighted by molar-refractivity contribution is -0.166. The van der Waals surface area contributed by atoms with E-state index in [1.54, 1.807) is 30.0 Å². The van der Waals surface area contributed by atoms with Crippen LogP contribution < -0.4 is 0 Å². The molecule has 1 aliphatic rings. The van der Waals surface area contributed by atoms with Gasteiger partial charge in [0.25, 0.3) is 0 Å². The molecule has 144 valence electrons. The van der Waals surface area contributed by atoms with Gasteiger partial charge >= 0.3 is 0 Å². The van der Waals surface area contributed by atoms with Crippen LogP contribution in [0, 0.1) is 18.3 Å². The topological polar surface area (TPSA) is 64.4 Å². The molecule has 2 aromatic rings. The van der Waals surface area contributed by atoms with Crippen molar-refractivity contribution < 1.29 is 9.59 Å². The van der Waals surface area contributed by atoms with Crippen molar-refractivity contribution in [2.75, 3.05) is 14.1 Å². The molecule has 0 aliphatic carbocycles. The van der Waals surface area contributed by atoms with Crippen molar-refractivity contribution >= 4 is 11.8 Å². The zero-order valence-corrected chi connectivity index (χ0v) is 16.8. The van der Waals surface area contributed by atoms with Crippen LogP contribution >= 0.6 is 0 Å². The zero-order valence-electron chi connectivity index (χ0n) is 16.8. The van der Waals surface area contributed by atoms with Gasteiger partial charge in [-0.3, -0.25) is 9.59 Å². The molecule has 5 heteroatoms. The maximum absolute atomic E-state index is 13.3. The van der Waals surface area contributed by atoms with Crippen molar-refractivity contribution in [3.63, 3.8) is 0 Å². The molecular weight excluding hydrogens is 350 g/mol. The number of nitrogens with zero attached hydrogens (tertiary/aromatic N) is 3. The van der Waals surface area contributed by atoms with E-state index in [4.69, 9.17) is 0 Å². The van der Waals surface area contributed by atoms with Crippen molar-refractivity contribution in [2.24, 2.45) is 0 Å². The molecule has 0 saturated carbocycles. The van der Waals surface area contributed by atoms with E-state index >= 15 is 0 Å². The van der Waals surface area contributed by atoms with E-state index < -0.39 is 11.6 Å². The monoisotopic (exact) mass is 375 g/mol. The molecule has 3 rings (SSSR count). The largest absolute Gasteiger partial charge is 0.331 e. The van der Waals surface area contributed by atoms with Gasteiger partial charge in [0, 0.05) is 26.9 Å². The number of hydrogen-bond acceptors (Lipinski definition) is 3. The summed E-state index contributed by atoms with van der Waals surface area (Å²) in [5, 5.41) is 9.43. The molecule has 1 aliphatic heterocycles. The molecule has 0 N–H and O–H groups in total. The average molecular weight is 375 g/mol. The Morgan fingerprint density at radius 2 is 1.75 bits per heavy atom. The van der Waals surface area contributed by atoms with Gasteiger partial charge in [-0.1, -0.05) is 42.5 Å². The first kappa shape index (κ1) is 19.6. The van der Waals surface area contributed by atoms with E-state index in [9.17, 15) is 14.9 Å². The van der Waals surface area contributed by atoms with Crippen LogP contribution in [0.25, 0.3) is 0 Å². The van der Waals surface area contributed by atoms with Crippen molar-refractivity contribution in [2.45, 2.75) is 38.3 Å². The third kappa shape index (κ3) is 3.27. The molecule has 1 saturated heterocycles. The fraction of sp³-hybridized carbons (Fsp3) is 0.348. The molecule has 0 aromatic heterocycles. The van der Waals surface area contributed by atoms with Crippen LogP contribution in [0.1, 0.15) is 29.2 Å². The molecule has 5 nitrogen and oxygen atoms in total. The lowest BCUT2D eigenvalue weighted by Crippen LogP contribution is -2.69. The van der Waals surface area contributed by atoms with E-state index in [1.807, 2.05) is 56.3 Å². The Hall–Kier alpha value is -3.13. The van der Waals surface area contributed by atoms with Gasteiger partial charge in [0.15, 0.2) is 0 Å². The third-order valence-electron chi connectivity index (χ3n) is 5.92. The zero-order chi connectivity index (χ0) is 20.5. The number of nitriles is 1. The number of benzene rings is 2. The van der Waals surface area contributed by atoms with Crippen molar-refractivity contribution in [1.29, 1.82) is 5.26 Å². The Kier molecular flexibility index (Phi) is 5.24. The van der Waals surface area contributed by atoms with Gasteiger partial charge in [-0.15, -0.1) is 0 Å². The maximum atomic E-state index is 13.3. The second-order valence-electron chi connectivity index (χ2n) is 7.68. The number of aryl methyl sites for hydroxylation is 1. The minimum Gasteiger partial charge on any atom is -0.331 e. The summed E-state index contributed by atoms with van der Waals surface area (Å²) in [4.78, 5) is 29.7. The van der Waals surface area contributed by atoms with E-state index in [2.05, 4.69) is 6.07 Å². The molecule has 0 bridgehead atoms. The molecule has 2 unspecified atom stereocenters. The number of hydrogen-bond donors (Lipinski definition) is 0. The maximum Gasteiger partial charge on any atom is 0.249 e. The van der Waals surface area contributed by atoms with Crippen LogP contribution in [0.5, 0.6) is 0 Å². The number of likely N-dealkylation sites (N-methyl/N-ethyl adjacent to an activating group) is 2. The van der Waals surface area contributed by atoms with Gasteiger partial charge in [-0.2, -0.15) is 5.26 Å². The normalized spacial score (nSPS) is 22.3. The third-order valence-corrected chi connectivity index (χ3v) is 5.92. The van der Waals surface area contributed by atoms with Crippen LogP contribution in [0.15, 0.2) is 48.5 Å². The number of carbonyl (C=O) groups is 2. The number of amides is 2. The highest BCUT2D eigenvalue weighted by Gasteiger charge is 2.50. The Morgan fingerprint density at radius 1 is 1.07 bits per heavy atom. The van der Waals surface area contributed by atoms with E-state index in [1.165, 1.54) is 0 Å². The van der Waals surface area contributed by atoms with Crippen molar-refractivity contribution in [3.8, 4) is 6.07 Å². The van der Waals surface area contributed by atoms with Crippen LogP contribution in [-0.2, 0) is 22.4 Å². The lowest BCUT2D eigenvalue weighted by Gasteiger charge is -2.48. The van der Waals surface area contributed by atoms with E-state index in [-0.39, 0.29) is 11.8 Å². The Balaban J connectivity index is 1.92. The highest BCUT2D eigenvalue weighted by Crippen LogP contribution is 2.30. The number of carbonyl (C=O) groups excluding carboxylic acids is 2. The Labute approximate surface area is 166 Å². The second-order valence-corrected chi connectivity index (χ2v) is 7.68. The minimum atomic E-state index is -0.937. The summed E-state index contributed by atoms with van der Waals surface area (Å²) in [6.07, 6.45) is 0.794. The van der Waals surface area contributed by atoms with Crippen LogP contribution in [0.4, 0.5) is 0 Å². The molecule has 2 atom stereocenters. The molecule has 1 fully saturated rings. The summed E-state index contributed by atoms with van der Waals surface area (Å²) >= 11 is 0. The summed E-state index contributed by atoms with van der Waals surface area (Å²) in [6.45, 7) is 3.75. The molecule has 1 heterocycles. The summed E-state index contributed by atoms with van der Waals surface area (Å²) in [7, 11) is 3.39. The SMILES string of the molecule is Cc1cccc(C#N)c1CC1C(=O)N(C)C(C)(Cc2ccccc2)C(=O)N1C. The van der Waals surface area contributed by atoms with Crippen LogP contribution in [0.2, 0.25) is 0 Å². The van der Waals surface area contributed by atoms with Gasteiger partial charge < -0.3 is 9.80 Å². The highest BCUT2D eigenvalue weighted by atomic mass is 16.2. The fourth-order valence-electron chi connectivity index (χ4n) is 3.98. The fourth-order valence-corrected chi connectivity index (χ4v) is 3.98. The first-order valence-electron chi connectivity index (χ1n) is 9.37. The smallest absolute Gasteiger partial charge is 0.249 e. The second kappa shape index (κ2) is 7.47. The Morgan fingerprint density at radius 3 is 2.39 bits per heavy atom. The molecule has 2 amide bonds. The lowest BCUT2D eigenvalue weighted by atomic mass is 9.84. The van der Waals surface area contributed by atoms with Gasteiger partial charge in [-0.05, 0) is 36.6 Å². The molecule has 0 radical (unpaired) electrons. The van der Waals surface area contributed by atoms with Gasteiger partial charge in [0.2, 0.25) is 11.8 Å². The summed E-state index contributed by atoms with van der Waals surface area (Å²) in [5.41, 5.74) is 2.40. The first-order valence-corrected chi connectivity index (χ1v) is 9.37. The number of rotatable bonds is 4. The van der Waals surface area contributed by atoms with E-state index in [0.717, 1.165) is 16.7 Å². The standard InChI is InChI=1S/C23H25N3O2/c1-16-9-8-12-18(15-24)19(16)13-20-21(27)26(4)23(2,22(28)25(20)3)14-17-10-6-5-7-11-17/h5-12,20H,13-14H2,1-4H3. The van der Waals surface area contributed by atoms with Gasteiger partial charge in [0.05, 0.1) is 11.6 Å². The van der Waals surface area contributed by atoms with Crippen LogP contribution in [-0.4, -0.2) is 47.3 Å². The first-order chi connectivity index (χ1) is 13.3. The number of piperazine rings is 1. The molecular formula is C23H25N3O2. The van der Waals surface area contributed by atoms with Crippen LogP contribution in [0.3, 0.4) is 0 Å². The van der Waals surface area contributed by atoms with E-state index in [0.29, 0.717) is 18.4 Å². The quantitative estimate of drug-likeness (QED) is 0.825. The van der Waals surface area contributed by atoms with Gasteiger partial charge in [-0.25, -0.2) is 0 Å². The van der Waals surface area contributed by atoms with Gasteiger partial charge in [0.1, 0.15) is 11.6 Å². The molecule has 28 heavy (non-hydrogen) atoms. The summed E-state index contributed by atoms with van der Waals surface area (Å²) in [6, 6.07) is 16.8. The summed E-state index contributed by atoms with van der Waals surface area (Å²) < 4.78 is 0. The summed E-state index contributed by atoms with van der Waals surface area (Å²) in [5.74, 6) is -0.191. The van der Waals surface area contributed by atoms with Crippen molar-refractivity contribution in [3.05, 3.63) is 70.8 Å². The average Bonchev–Trinajstić information content (AvgIpc) is 2.70. The van der Waals surface area contributed by atoms with Crippen molar-refractivity contribution in [1.82, 2.24) is 9.80 Å². The minimum absolute atomic E-state index is 0.0875. The predicted octanol–water partition coefficient (Wildman–Crippen LogP) is 2.71. The molecule has 0 spiro atoms. The highest BCUT2D eigenvalue weighted by molar-refractivity contribution is 5.99. The predicted molar refractivity (Wildman–Crippen MR) is 107 cm³/mol. The Bertz CT molecular complexity index is 948.